The monoisotopic (exact) mass is 400 g/mol. The molecule has 8 heteroatoms. The third-order valence-electron chi connectivity index (χ3n) is 4.40. The fraction of sp³-hybridized carbons (Fsp3) is 0.333. The highest BCUT2D eigenvalue weighted by molar-refractivity contribution is 5.95. The van der Waals surface area contributed by atoms with Crippen molar-refractivity contribution in [3.05, 3.63) is 63.7 Å². The molecule has 0 aliphatic rings. The normalized spacial score (nSPS) is 11.4. The van der Waals surface area contributed by atoms with Crippen molar-refractivity contribution in [1.29, 1.82) is 0 Å². The number of hydrogen-bond acceptors (Lipinski definition) is 6. The summed E-state index contributed by atoms with van der Waals surface area (Å²) in [6.07, 6.45) is 1.02. The Labute approximate surface area is 169 Å². The van der Waals surface area contributed by atoms with Gasteiger partial charge in [0.25, 0.3) is 5.91 Å². The van der Waals surface area contributed by atoms with Gasteiger partial charge in [-0.25, -0.2) is 4.79 Å². The van der Waals surface area contributed by atoms with Crippen molar-refractivity contribution in [2.24, 2.45) is 0 Å². The van der Waals surface area contributed by atoms with Crippen LogP contribution in [0.1, 0.15) is 49.0 Å². The molecule has 0 spiro atoms. The van der Waals surface area contributed by atoms with Gasteiger partial charge in [0.15, 0.2) is 12.4 Å². The summed E-state index contributed by atoms with van der Waals surface area (Å²) in [5, 5.41) is 13.8. The quantitative estimate of drug-likeness (QED) is 0.382. The maximum Gasteiger partial charge on any atom is 0.338 e. The Morgan fingerprint density at radius 3 is 2.41 bits per heavy atom. The van der Waals surface area contributed by atoms with E-state index in [2.05, 4.69) is 19.2 Å². The van der Waals surface area contributed by atoms with Gasteiger partial charge in [0.05, 0.1) is 17.1 Å². The molecule has 1 amide bonds. The highest BCUT2D eigenvalue weighted by Gasteiger charge is 2.20. The van der Waals surface area contributed by atoms with E-state index in [1.807, 2.05) is 12.1 Å². The molecule has 0 bridgehead atoms. The number of nitro groups is 1. The Bertz CT molecular complexity index is 879. The molecule has 1 atom stereocenters. The van der Waals surface area contributed by atoms with Crippen molar-refractivity contribution in [3.63, 3.8) is 0 Å². The van der Waals surface area contributed by atoms with E-state index in [0.717, 1.165) is 12.5 Å². The van der Waals surface area contributed by atoms with E-state index in [0.29, 0.717) is 11.6 Å². The first-order valence-corrected chi connectivity index (χ1v) is 9.33. The molecule has 0 aromatic heterocycles. The summed E-state index contributed by atoms with van der Waals surface area (Å²) in [6, 6.07) is 11.2. The molecule has 0 heterocycles. The third kappa shape index (κ3) is 6.03. The number of amides is 1. The smallest absolute Gasteiger partial charge is 0.338 e. The van der Waals surface area contributed by atoms with Crippen LogP contribution < -0.4 is 10.1 Å². The summed E-state index contributed by atoms with van der Waals surface area (Å²) >= 11 is 0. The largest absolute Gasteiger partial charge is 0.487 e. The van der Waals surface area contributed by atoms with E-state index in [4.69, 9.17) is 9.47 Å². The molecule has 1 N–H and O–H groups in total. The predicted octanol–water partition coefficient (Wildman–Crippen LogP) is 4.30. The molecule has 0 saturated carbocycles. The summed E-state index contributed by atoms with van der Waals surface area (Å²) in [5.74, 6) is -0.847. The van der Waals surface area contributed by atoms with Crippen molar-refractivity contribution >= 4 is 23.3 Å². The van der Waals surface area contributed by atoms with Crippen molar-refractivity contribution in [2.45, 2.75) is 33.1 Å². The molecule has 2 aromatic carbocycles. The summed E-state index contributed by atoms with van der Waals surface area (Å²) < 4.78 is 10.1. The van der Waals surface area contributed by atoms with Crippen LogP contribution in [0.25, 0.3) is 0 Å². The summed E-state index contributed by atoms with van der Waals surface area (Å²) in [6.45, 7) is 5.67. The Balaban J connectivity index is 1.95. The standard InChI is InChI=1S/C21H24N2O6/c1-4-14(3)15-6-9-17(10-7-15)22-20(24)13-29-21(25)16-8-11-19(28-5-2)18(12-16)23(26)27/h6-12,14H,4-5,13H2,1-3H3,(H,22,24)/t14-/m1/s1. The molecule has 0 unspecified atom stereocenters. The lowest BCUT2D eigenvalue weighted by molar-refractivity contribution is -0.385. The van der Waals surface area contributed by atoms with Crippen LogP contribution >= 0.6 is 0 Å². The lowest BCUT2D eigenvalue weighted by Gasteiger charge is -2.11. The summed E-state index contributed by atoms with van der Waals surface area (Å²) in [4.78, 5) is 34.6. The van der Waals surface area contributed by atoms with Crippen LogP contribution in [0.3, 0.4) is 0 Å². The Morgan fingerprint density at radius 1 is 1.14 bits per heavy atom. The van der Waals surface area contributed by atoms with Gasteiger partial charge in [-0.2, -0.15) is 0 Å². The topological polar surface area (TPSA) is 108 Å². The highest BCUT2D eigenvalue weighted by atomic mass is 16.6. The molecule has 0 fully saturated rings. The second-order valence-electron chi connectivity index (χ2n) is 6.43. The first-order chi connectivity index (χ1) is 13.8. The van der Waals surface area contributed by atoms with Crippen molar-refractivity contribution < 1.29 is 24.0 Å². The van der Waals surface area contributed by atoms with Gasteiger partial charge in [0, 0.05) is 11.8 Å². The molecular formula is C21H24N2O6. The summed E-state index contributed by atoms with van der Waals surface area (Å²) in [5.41, 5.74) is 1.39. The zero-order chi connectivity index (χ0) is 21.4. The first kappa shape index (κ1) is 21.9. The van der Waals surface area contributed by atoms with E-state index in [1.165, 1.54) is 17.7 Å². The van der Waals surface area contributed by atoms with Gasteiger partial charge in [-0.3, -0.25) is 14.9 Å². The molecule has 0 aliphatic carbocycles. The molecule has 0 saturated heterocycles. The SMILES string of the molecule is CCOc1ccc(C(=O)OCC(=O)Nc2ccc([C@H](C)CC)cc2)cc1[N+](=O)[O-]. The predicted molar refractivity (Wildman–Crippen MR) is 108 cm³/mol. The zero-order valence-electron chi connectivity index (χ0n) is 16.6. The number of esters is 1. The summed E-state index contributed by atoms with van der Waals surface area (Å²) in [7, 11) is 0. The van der Waals surface area contributed by atoms with Gasteiger partial charge in [-0.1, -0.05) is 26.0 Å². The van der Waals surface area contributed by atoms with Gasteiger partial charge in [0.1, 0.15) is 0 Å². The Hall–Kier alpha value is -3.42. The van der Waals surface area contributed by atoms with Crippen molar-refractivity contribution in [2.75, 3.05) is 18.5 Å². The fourth-order valence-corrected chi connectivity index (χ4v) is 2.61. The van der Waals surface area contributed by atoms with Crippen molar-refractivity contribution in [3.8, 4) is 5.75 Å². The van der Waals surface area contributed by atoms with Crippen LogP contribution in [-0.4, -0.2) is 30.0 Å². The fourth-order valence-electron chi connectivity index (χ4n) is 2.61. The lowest BCUT2D eigenvalue weighted by atomic mass is 9.99. The maximum atomic E-state index is 12.1. The van der Waals surface area contributed by atoms with E-state index < -0.39 is 23.4 Å². The second-order valence-corrected chi connectivity index (χ2v) is 6.43. The molecule has 154 valence electrons. The van der Waals surface area contributed by atoms with Gasteiger partial charge < -0.3 is 14.8 Å². The number of nitrogens with zero attached hydrogens (tertiary/aromatic N) is 1. The zero-order valence-corrected chi connectivity index (χ0v) is 16.6. The average molecular weight is 400 g/mol. The number of benzene rings is 2. The van der Waals surface area contributed by atoms with Crippen LogP contribution in [0.4, 0.5) is 11.4 Å². The maximum absolute atomic E-state index is 12.1. The number of nitro benzene ring substituents is 1. The van der Waals surface area contributed by atoms with Gasteiger partial charge in [0.2, 0.25) is 0 Å². The molecular weight excluding hydrogens is 376 g/mol. The second kappa shape index (κ2) is 10.2. The molecule has 2 aromatic rings. The number of rotatable bonds is 9. The number of carbonyl (C=O) groups is 2. The number of ether oxygens (including phenoxy) is 2. The minimum absolute atomic E-state index is 0.0362. The van der Waals surface area contributed by atoms with Crippen LogP contribution in [0, 0.1) is 10.1 Å². The van der Waals surface area contributed by atoms with Gasteiger partial charge in [-0.15, -0.1) is 0 Å². The lowest BCUT2D eigenvalue weighted by Crippen LogP contribution is -2.21. The van der Waals surface area contributed by atoms with E-state index in [9.17, 15) is 19.7 Å². The number of anilines is 1. The van der Waals surface area contributed by atoms with E-state index >= 15 is 0 Å². The van der Waals surface area contributed by atoms with Gasteiger partial charge >= 0.3 is 11.7 Å². The number of hydrogen-bond donors (Lipinski definition) is 1. The highest BCUT2D eigenvalue weighted by Crippen LogP contribution is 2.28. The third-order valence-corrected chi connectivity index (χ3v) is 4.40. The van der Waals surface area contributed by atoms with Crippen molar-refractivity contribution in [1.82, 2.24) is 0 Å². The Kier molecular flexibility index (Phi) is 7.70. The minimum atomic E-state index is -0.835. The first-order valence-electron chi connectivity index (χ1n) is 9.33. The minimum Gasteiger partial charge on any atom is -0.487 e. The van der Waals surface area contributed by atoms with E-state index in [-0.39, 0.29) is 23.6 Å². The number of carbonyl (C=O) groups excluding carboxylic acids is 2. The molecule has 0 radical (unpaired) electrons. The molecule has 8 nitrogen and oxygen atoms in total. The molecule has 2 rings (SSSR count). The van der Waals surface area contributed by atoms with Crippen LogP contribution in [-0.2, 0) is 9.53 Å². The van der Waals surface area contributed by atoms with Crippen LogP contribution in [0.5, 0.6) is 5.75 Å². The molecule has 0 aliphatic heterocycles. The van der Waals surface area contributed by atoms with Crippen LogP contribution in [0.2, 0.25) is 0 Å². The number of nitrogens with one attached hydrogen (secondary N) is 1. The molecule has 29 heavy (non-hydrogen) atoms. The van der Waals surface area contributed by atoms with Gasteiger partial charge in [-0.05, 0) is 49.1 Å². The van der Waals surface area contributed by atoms with Crippen LogP contribution in [0.15, 0.2) is 42.5 Å². The van der Waals surface area contributed by atoms with E-state index in [1.54, 1.807) is 19.1 Å². The average Bonchev–Trinajstić information content (AvgIpc) is 2.72. The Morgan fingerprint density at radius 2 is 1.83 bits per heavy atom.